The molecule has 0 aliphatic heterocycles. The number of pyridine rings is 1. The molecule has 0 bridgehead atoms. The van der Waals surface area contributed by atoms with Gasteiger partial charge < -0.3 is 4.98 Å². The van der Waals surface area contributed by atoms with Gasteiger partial charge in [-0.25, -0.2) is 11.1 Å². The van der Waals surface area contributed by atoms with E-state index in [2.05, 4.69) is 110 Å². The van der Waals surface area contributed by atoms with Crippen LogP contribution in [0.5, 0.6) is 0 Å². The van der Waals surface area contributed by atoms with Gasteiger partial charge in [-0.3, -0.25) is 0 Å². The Labute approximate surface area is 306 Å². The molecule has 242 valence electrons. The average Bonchev–Trinajstić information content (AvgIpc) is 3.16. The second-order valence-electron chi connectivity index (χ2n) is 13.0. The van der Waals surface area contributed by atoms with Crippen molar-refractivity contribution in [2.75, 3.05) is 0 Å². The molecule has 1 fully saturated rings. The summed E-state index contributed by atoms with van der Waals surface area (Å²) in [6.07, 6.45) is 8.63. The Bertz CT molecular complexity index is 1950. The SMILES string of the molecule is CC(C)(c1ccc(-c2ccccc2)cc1)c1cc[c-]c(-c2[c-]cccc2)c1.[2H]C([2H])([2H])c1cnc(-c2[c-]cccc2)cc1CC1CCCCC1.[Ir+3]. The zero-order chi connectivity index (χ0) is 35.0. The fourth-order valence-corrected chi connectivity index (χ4v) is 6.52. The molecular formula is C46H44IrN. The predicted octanol–water partition coefficient (Wildman–Crippen LogP) is 11.9. The summed E-state index contributed by atoms with van der Waals surface area (Å²) in [7, 11) is 0. The zero-order valence-electron chi connectivity index (χ0n) is 30.8. The van der Waals surface area contributed by atoms with Crippen LogP contribution in [0.2, 0.25) is 0 Å². The predicted molar refractivity (Wildman–Crippen MR) is 197 cm³/mol. The third kappa shape index (κ3) is 8.87. The molecule has 0 radical (unpaired) electrons. The van der Waals surface area contributed by atoms with Gasteiger partial charge in [0.2, 0.25) is 0 Å². The number of hydrogen-bond donors (Lipinski definition) is 0. The number of benzene rings is 5. The topological polar surface area (TPSA) is 12.9 Å². The van der Waals surface area contributed by atoms with Gasteiger partial charge in [0, 0.05) is 10.3 Å². The molecule has 1 aliphatic rings. The Hall–Kier alpha value is -4.10. The normalized spacial score (nSPS) is 14.3. The molecule has 0 unspecified atom stereocenters. The smallest absolute Gasteiger partial charge is 0.304 e. The van der Waals surface area contributed by atoms with Gasteiger partial charge in [-0.05, 0) is 52.6 Å². The van der Waals surface area contributed by atoms with Crippen molar-refractivity contribution in [1.29, 1.82) is 0 Å². The van der Waals surface area contributed by atoms with Crippen LogP contribution in [0.15, 0.2) is 134 Å². The van der Waals surface area contributed by atoms with Crippen LogP contribution in [-0.4, -0.2) is 4.98 Å². The maximum absolute atomic E-state index is 7.79. The number of aryl methyl sites for hydroxylation is 1. The molecule has 0 N–H and O–H groups in total. The molecule has 48 heavy (non-hydrogen) atoms. The fourth-order valence-electron chi connectivity index (χ4n) is 6.52. The van der Waals surface area contributed by atoms with Crippen LogP contribution < -0.4 is 0 Å². The first-order valence-corrected chi connectivity index (χ1v) is 16.8. The van der Waals surface area contributed by atoms with E-state index in [1.807, 2.05) is 54.6 Å². The van der Waals surface area contributed by atoms with E-state index in [9.17, 15) is 0 Å². The van der Waals surface area contributed by atoms with E-state index in [-0.39, 0.29) is 25.5 Å². The zero-order valence-corrected chi connectivity index (χ0v) is 30.2. The van der Waals surface area contributed by atoms with Gasteiger partial charge in [0.25, 0.3) is 0 Å². The molecule has 1 saturated carbocycles. The summed E-state index contributed by atoms with van der Waals surface area (Å²) in [5, 5.41) is 0. The molecule has 1 nitrogen and oxygen atoms in total. The molecule has 7 rings (SSSR count). The van der Waals surface area contributed by atoms with Crippen molar-refractivity contribution in [2.45, 2.75) is 64.6 Å². The summed E-state index contributed by atoms with van der Waals surface area (Å²) < 4.78 is 23.4. The van der Waals surface area contributed by atoms with Crippen molar-refractivity contribution in [3.63, 3.8) is 0 Å². The Morgan fingerprint density at radius 3 is 1.98 bits per heavy atom. The van der Waals surface area contributed by atoms with E-state index in [1.165, 1.54) is 54.4 Å². The summed E-state index contributed by atoms with van der Waals surface area (Å²) in [6, 6.07) is 53.4. The Kier molecular flexibility index (Phi) is 10.9. The molecule has 0 spiro atoms. The minimum Gasteiger partial charge on any atom is -0.304 e. The van der Waals surface area contributed by atoms with Gasteiger partial charge in [-0.1, -0.05) is 112 Å². The van der Waals surface area contributed by atoms with Crippen molar-refractivity contribution < 1.29 is 24.2 Å². The first-order valence-electron chi connectivity index (χ1n) is 18.3. The summed E-state index contributed by atoms with van der Waals surface area (Å²) in [5.74, 6) is 0.597. The number of nitrogens with zero attached hydrogens (tertiary/aromatic N) is 1. The molecule has 0 atom stereocenters. The monoisotopic (exact) mass is 806 g/mol. The minimum absolute atomic E-state index is 0. The molecular weight excluding hydrogens is 759 g/mol. The van der Waals surface area contributed by atoms with Crippen molar-refractivity contribution in [2.24, 2.45) is 5.92 Å². The van der Waals surface area contributed by atoms with Gasteiger partial charge in [0.15, 0.2) is 0 Å². The summed E-state index contributed by atoms with van der Waals surface area (Å²) in [5.41, 5.74) is 10.2. The first kappa shape index (κ1) is 31.2. The van der Waals surface area contributed by atoms with Gasteiger partial charge in [-0.15, -0.1) is 53.6 Å². The molecule has 1 heterocycles. The van der Waals surface area contributed by atoms with Gasteiger partial charge in [0.05, 0.1) is 0 Å². The van der Waals surface area contributed by atoms with Crippen molar-refractivity contribution in [3.8, 4) is 33.5 Å². The van der Waals surface area contributed by atoms with E-state index < -0.39 is 6.85 Å². The van der Waals surface area contributed by atoms with E-state index in [1.54, 1.807) is 6.20 Å². The summed E-state index contributed by atoms with van der Waals surface area (Å²) in [4.78, 5) is 4.38. The fraction of sp³-hybridized carbons (Fsp3) is 0.239. The van der Waals surface area contributed by atoms with Crippen LogP contribution in [0.25, 0.3) is 33.5 Å². The van der Waals surface area contributed by atoms with Gasteiger partial charge in [-0.2, -0.15) is 42.5 Å². The minimum atomic E-state index is -2.10. The van der Waals surface area contributed by atoms with Crippen molar-refractivity contribution in [3.05, 3.63) is 174 Å². The quantitative estimate of drug-likeness (QED) is 0.147. The van der Waals surface area contributed by atoms with Crippen molar-refractivity contribution >= 4 is 0 Å². The largest absolute Gasteiger partial charge is 3.00 e. The number of hydrogen-bond acceptors (Lipinski definition) is 1. The second-order valence-corrected chi connectivity index (χ2v) is 13.0. The molecule has 0 amide bonds. The van der Waals surface area contributed by atoms with E-state index in [4.69, 9.17) is 4.11 Å². The third-order valence-corrected chi connectivity index (χ3v) is 9.44. The van der Waals surface area contributed by atoms with E-state index in [0.29, 0.717) is 11.5 Å². The molecule has 5 aromatic carbocycles. The number of aromatic nitrogens is 1. The van der Waals surface area contributed by atoms with Crippen LogP contribution >= 0.6 is 0 Å². The number of rotatable bonds is 7. The van der Waals surface area contributed by atoms with Crippen LogP contribution in [-0.2, 0) is 31.9 Å². The van der Waals surface area contributed by atoms with Gasteiger partial charge in [0.1, 0.15) is 0 Å². The standard InChI is InChI=1S/C27H22.C19H22N.Ir/c1-27(2,25-18-16-23(17-19-25)21-10-5-3-6-11-21)26-15-9-14-24(20-26)22-12-7-4-8-13-22;1-15-14-20-19(17-10-6-3-7-11-17)13-18(15)12-16-8-4-2-5-9-16;/h3-12,15-20H,1-2H3;3,6-7,10,13-14,16H,2,4-5,8-9,12H2,1H3;/q-2;-1;+3/i;1D3;. The molecule has 2 heteroatoms. The molecule has 1 aromatic heterocycles. The molecule has 1 aliphatic carbocycles. The van der Waals surface area contributed by atoms with Crippen LogP contribution in [0.3, 0.4) is 0 Å². The average molecular weight is 806 g/mol. The van der Waals surface area contributed by atoms with Gasteiger partial charge >= 0.3 is 20.1 Å². The van der Waals surface area contributed by atoms with Crippen LogP contribution in [0.4, 0.5) is 0 Å². The van der Waals surface area contributed by atoms with E-state index in [0.717, 1.165) is 34.4 Å². The van der Waals surface area contributed by atoms with E-state index >= 15 is 0 Å². The first-order chi connectivity index (χ1) is 24.2. The summed E-state index contributed by atoms with van der Waals surface area (Å²) >= 11 is 0. The molecule has 0 saturated heterocycles. The van der Waals surface area contributed by atoms with Crippen LogP contribution in [0.1, 0.15) is 72.3 Å². The molecule has 6 aromatic rings. The Morgan fingerprint density at radius 1 is 0.667 bits per heavy atom. The van der Waals surface area contributed by atoms with Crippen molar-refractivity contribution in [1.82, 2.24) is 4.98 Å². The second kappa shape index (κ2) is 16.8. The third-order valence-electron chi connectivity index (χ3n) is 9.44. The van der Waals surface area contributed by atoms with Crippen LogP contribution in [0, 0.1) is 31.0 Å². The Balaban J connectivity index is 0.000000196. The Morgan fingerprint density at radius 2 is 1.31 bits per heavy atom. The maximum Gasteiger partial charge on any atom is 3.00 e. The maximum atomic E-state index is 7.79. The summed E-state index contributed by atoms with van der Waals surface area (Å²) in [6.45, 7) is 2.45.